The van der Waals surface area contributed by atoms with Gasteiger partial charge in [-0.1, -0.05) is 6.42 Å². The van der Waals surface area contributed by atoms with E-state index >= 15 is 0 Å². The van der Waals surface area contributed by atoms with Crippen molar-refractivity contribution in [3.05, 3.63) is 11.8 Å². The second-order valence-electron chi connectivity index (χ2n) is 7.37. The Morgan fingerprint density at radius 2 is 1.96 bits per heavy atom. The van der Waals surface area contributed by atoms with Crippen LogP contribution >= 0.6 is 0 Å². The molecule has 1 aromatic rings. The van der Waals surface area contributed by atoms with Crippen molar-refractivity contribution in [2.24, 2.45) is 0 Å². The summed E-state index contributed by atoms with van der Waals surface area (Å²) in [5.41, 5.74) is 0.922. The lowest BCUT2D eigenvalue weighted by atomic mass is 10.1. The van der Waals surface area contributed by atoms with Crippen LogP contribution in [0.15, 0.2) is 6.07 Å². The molecule has 1 saturated heterocycles. The normalized spacial score (nSPS) is 18.0. The van der Waals surface area contributed by atoms with Crippen LogP contribution in [0.2, 0.25) is 0 Å². The largest absolute Gasteiger partial charge is 0.356 e. The monoisotopic (exact) mass is 361 g/mol. The van der Waals surface area contributed by atoms with Gasteiger partial charge in [0.25, 0.3) is 0 Å². The highest BCUT2D eigenvalue weighted by molar-refractivity contribution is 5.93. The first kappa shape index (κ1) is 18.9. The van der Waals surface area contributed by atoms with Gasteiger partial charge >= 0.3 is 0 Å². The summed E-state index contributed by atoms with van der Waals surface area (Å²) in [5, 5.41) is 7.41. The topological polar surface area (TPSA) is 70.5 Å². The average molecular weight is 361 g/mol. The van der Waals surface area contributed by atoms with Crippen LogP contribution in [0.5, 0.6) is 0 Å². The fraction of sp³-hybridized carbons (Fsp3) is 0.737. The third-order valence-corrected chi connectivity index (χ3v) is 5.20. The Labute approximate surface area is 155 Å². The van der Waals surface area contributed by atoms with Gasteiger partial charge in [0.2, 0.25) is 11.8 Å². The van der Waals surface area contributed by atoms with Gasteiger partial charge in [0, 0.05) is 32.0 Å². The number of rotatable bonds is 8. The fourth-order valence-corrected chi connectivity index (χ4v) is 3.82. The van der Waals surface area contributed by atoms with E-state index in [1.807, 2.05) is 17.7 Å². The molecule has 3 heterocycles. The molecule has 1 aromatic heterocycles. The van der Waals surface area contributed by atoms with Crippen LogP contribution in [0, 0.1) is 6.92 Å². The molecule has 26 heavy (non-hydrogen) atoms. The molecule has 144 valence electrons. The van der Waals surface area contributed by atoms with Crippen LogP contribution in [-0.2, 0) is 16.1 Å². The van der Waals surface area contributed by atoms with Gasteiger partial charge in [-0.15, -0.1) is 0 Å². The van der Waals surface area contributed by atoms with Crippen LogP contribution in [0.3, 0.4) is 0 Å². The molecule has 7 nitrogen and oxygen atoms in total. The third-order valence-electron chi connectivity index (χ3n) is 5.20. The van der Waals surface area contributed by atoms with Crippen molar-refractivity contribution in [2.75, 3.05) is 37.6 Å². The highest BCUT2D eigenvalue weighted by atomic mass is 16.2. The van der Waals surface area contributed by atoms with Gasteiger partial charge < -0.3 is 10.2 Å². The lowest BCUT2D eigenvalue weighted by Gasteiger charge is -2.27. The Balaban J connectivity index is 1.33. The predicted octanol–water partition coefficient (Wildman–Crippen LogP) is 1.70. The molecule has 2 amide bonds. The van der Waals surface area contributed by atoms with Gasteiger partial charge in [0.1, 0.15) is 5.82 Å². The van der Waals surface area contributed by atoms with E-state index in [0.717, 1.165) is 31.0 Å². The van der Waals surface area contributed by atoms with Crippen LogP contribution in [0.1, 0.15) is 50.6 Å². The highest BCUT2D eigenvalue weighted by Gasteiger charge is 2.25. The number of hydrogen-bond acceptors (Lipinski definition) is 4. The summed E-state index contributed by atoms with van der Waals surface area (Å²) >= 11 is 0. The maximum atomic E-state index is 12.2. The van der Waals surface area contributed by atoms with Crippen molar-refractivity contribution in [3.8, 4) is 0 Å². The molecule has 0 atom stereocenters. The molecular weight excluding hydrogens is 330 g/mol. The minimum absolute atomic E-state index is 0.0813. The molecule has 0 aromatic carbocycles. The summed E-state index contributed by atoms with van der Waals surface area (Å²) in [6, 6.07) is 1.94. The van der Waals surface area contributed by atoms with Crippen molar-refractivity contribution in [2.45, 2.75) is 58.4 Å². The van der Waals surface area contributed by atoms with E-state index in [-0.39, 0.29) is 11.8 Å². The van der Waals surface area contributed by atoms with Crippen LogP contribution < -0.4 is 10.2 Å². The zero-order valence-corrected chi connectivity index (χ0v) is 15.9. The SMILES string of the molecule is Cc1cc2n(n1)CCC(=O)N2CCCC(=O)NCCCN1CCCCC1. The zero-order valence-electron chi connectivity index (χ0n) is 15.9. The molecule has 0 radical (unpaired) electrons. The first-order chi connectivity index (χ1) is 12.6. The highest BCUT2D eigenvalue weighted by Crippen LogP contribution is 2.22. The summed E-state index contributed by atoms with van der Waals surface area (Å²) in [4.78, 5) is 28.5. The Morgan fingerprint density at radius 3 is 2.77 bits per heavy atom. The van der Waals surface area contributed by atoms with E-state index in [1.165, 1.54) is 32.4 Å². The van der Waals surface area contributed by atoms with E-state index in [1.54, 1.807) is 4.90 Å². The molecule has 0 saturated carbocycles. The van der Waals surface area contributed by atoms with Gasteiger partial charge in [0.15, 0.2) is 0 Å². The number of aromatic nitrogens is 2. The molecule has 0 aliphatic carbocycles. The van der Waals surface area contributed by atoms with Crippen molar-refractivity contribution in [1.82, 2.24) is 20.0 Å². The summed E-state index contributed by atoms with van der Waals surface area (Å²) in [5.74, 6) is 1.07. The molecule has 1 N–H and O–H groups in total. The van der Waals surface area contributed by atoms with Gasteiger partial charge in [-0.3, -0.25) is 14.5 Å². The minimum atomic E-state index is 0.0813. The molecule has 0 bridgehead atoms. The van der Waals surface area contributed by atoms with Crippen molar-refractivity contribution in [1.29, 1.82) is 0 Å². The average Bonchev–Trinajstić information content (AvgIpc) is 3.02. The van der Waals surface area contributed by atoms with Crippen LogP contribution in [0.4, 0.5) is 5.82 Å². The molecule has 1 fully saturated rings. The summed E-state index contributed by atoms with van der Waals surface area (Å²) in [6.45, 7) is 7.38. The standard InChI is InChI=1S/C19H31N5O2/c1-16-15-18-23(19(26)8-14-24(18)21-16)13-5-7-17(25)20-9-6-12-22-10-3-2-4-11-22/h15H,2-14H2,1H3,(H,20,25). The number of hydrogen-bond donors (Lipinski definition) is 1. The number of nitrogens with zero attached hydrogens (tertiary/aromatic N) is 4. The second kappa shape index (κ2) is 9.16. The maximum absolute atomic E-state index is 12.2. The van der Waals surface area contributed by atoms with Gasteiger partial charge in [-0.05, 0) is 52.2 Å². The lowest BCUT2D eigenvalue weighted by Crippen LogP contribution is -2.38. The summed E-state index contributed by atoms with van der Waals surface area (Å²) in [6.07, 6.45) is 6.59. The zero-order chi connectivity index (χ0) is 18.4. The quantitative estimate of drug-likeness (QED) is 0.716. The van der Waals surface area contributed by atoms with Gasteiger partial charge in [-0.2, -0.15) is 5.10 Å². The van der Waals surface area contributed by atoms with Crippen molar-refractivity contribution >= 4 is 17.6 Å². The number of anilines is 1. The van der Waals surface area contributed by atoms with E-state index in [4.69, 9.17) is 0 Å². The number of aryl methyl sites for hydroxylation is 2. The second-order valence-corrected chi connectivity index (χ2v) is 7.37. The summed E-state index contributed by atoms with van der Waals surface area (Å²) < 4.78 is 1.89. The molecule has 3 rings (SSSR count). The number of fused-ring (bicyclic) bond motifs is 1. The number of likely N-dealkylation sites (tertiary alicyclic amines) is 1. The maximum Gasteiger partial charge on any atom is 0.229 e. The first-order valence-electron chi connectivity index (χ1n) is 9.97. The number of carbonyl (C=O) groups excluding carboxylic acids is 2. The molecule has 2 aliphatic heterocycles. The smallest absolute Gasteiger partial charge is 0.229 e. The Hall–Kier alpha value is -1.89. The van der Waals surface area contributed by atoms with E-state index < -0.39 is 0 Å². The Morgan fingerprint density at radius 1 is 1.15 bits per heavy atom. The van der Waals surface area contributed by atoms with E-state index in [0.29, 0.717) is 32.4 Å². The third kappa shape index (κ3) is 5.06. The van der Waals surface area contributed by atoms with Crippen molar-refractivity contribution < 1.29 is 9.59 Å². The Bertz CT molecular complexity index is 621. The lowest BCUT2D eigenvalue weighted by molar-refractivity contribution is -0.122. The van der Waals surface area contributed by atoms with Gasteiger partial charge in [-0.25, -0.2) is 4.68 Å². The van der Waals surface area contributed by atoms with E-state index in [9.17, 15) is 9.59 Å². The first-order valence-corrected chi connectivity index (χ1v) is 9.97. The summed E-state index contributed by atoms with van der Waals surface area (Å²) in [7, 11) is 0. The van der Waals surface area contributed by atoms with Gasteiger partial charge in [0.05, 0.1) is 12.2 Å². The van der Waals surface area contributed by atoms with Crippen LogP contribution in [-0.4, -0.2) is 59.2 Å². The number of piperidine rings is 1. The molecule has 2 aliphatic rings. The molecular formula is C19H31N5O2. The minimum Gasteiger partial charge on any atom is -0.356 e. The fourth-order valence-electron chi connectivity index (χ4n) is 3.82. The number of carbonyl (C=O) groups is 2. The number of nitrogens with one attached hydrogen (secondary N) is 1. The number of amides is 2. The molecule has 0 spiro atoms. The predicted molar refractivity (Wildman–Crippen MR) is 101 cm³/mol. The van der Waals surface area contributed by atoms with Crippen LogP contribution in [0.25, 0.3) is 0 Å². The van der Waals surface area contributed by atoms with Crippen molar-refractivity contribution in [3.63, 3.8) is 0 Å². The Kier molecular flexibility index (Phi) is 6.66. The molecule has 7 heteroatoms. The van der Waals surface area contributed by atoms with E-state index in [2.05, 4.69) is 15.3 Å². The molecule has 0 unspecified atom stereocenters.